The Morgan fingerprint density at radius 2 is 1.65 bits per heavy atom. The molecule has 0 fully saturated rings. The molecule has 1 heterocycles. The third-order valence-electron chi connectivity index (χ3n) is 4.91. The Labute approximate surface area is 179 Å². The molecule has 1 atom stereocenters. The van der Waals surface area contributed by atoms with Crippen molar-refractivity contribution in [3.8, 4) is 11.5 Å². The lowest BCUT2D eigenvalue weighted by atomic mass is 10.0. The molecule has 2 amide bonds. The zero-order chi connectivity index (χ0) is 21.8. The first-order chi connectivity index (χ1) is 15.1. The van der Waals surface area contributed by atoms with Crippen LogP contribution in [-0.2, 0) is 9.59 Å². The van der Waals surface area contributed by atoms with E-state index in [9.17, 15) is 14.4 Å². The van der Waals surface area contributed by atoms with Crippen molar-refractivity contribution < 1.29 is 23.9 Å². The molecule has 0 aromatic heterocycles. The highest BCUT2D eigenvalue weighted by Crippen LogP contribution is 2.36. The van der Waals surface area contributed by atoms with Crippen LogP contribution in [0.3, 0.4) is 0 Å². The summed E-state index contributed by atoms with van der Waals surface area (Å²) < 4.78 is 10.5. The molecule has 0 saturated heterocycles. The van der Waals surface area contributed by atoms with Crippen LogP contribution in [0.4, 0.5) is 11.4 Å². The summed E-state index contributed by atoms with van der Waals surface area (Å²) in [6.07, 6.45) is -0.252. The van der Waals surface area contributed by atoms with E-state index in [0.29, 0.717) is 22.7 Å². The molecule has 31 heavy (non-hydrogen) atoms. The molecule has 0 spiro atoms. The van der Waals surface area contributed by atoms with E-state index in [2.05, 4.69) is 5.32 Å². The largest absolute Gasteiger partial charge is 0.497 e. The van der Waals surface area contributed by atoms with Gasteiger partial charge in [0.2, 0.25) is 5.91 Å². The van der Waals surface area contributed by atoms with Gasteiger partial charge in [0, 0.05) is 11.3 Å². The van der Waals surface area contributed by atoms with Gasteiger partial charge in [-0.1, -0.05) is 30.3 Å². The van der Waals surface area contributed by atoms with Crippen LogP contribution in [0.2, 0.25) is 0 Å². The maximum Gasteiger partial charge on any atom is 0.335 e. The number of carbonyl (C=O) groups excluding carboxylic acids is 3. The topological polar surface area (TPSA) is 84.9 Å². The summed E-state index contributed by atoms with van der Waals surface area (Å²) in [5.74, 6) is -0.522. The van der Waals surface area contributed by atoms with E-state index in [1.165, 1.54) is 4.90 Å². The van der Waals surface area contributed by atoms with Crippen LogP contribution in [-0.4, -0.2) is 30.9 Å². The first-order valence-electron chi connectivity index (χ1n) is 9.70. The Hall–Kier alpha value is -4.13. The molecular weight excluding hydrogens is 396 g/mol. The minimum Gasteiger partial charge on any atom is -0.497 e. The molecule has 0 aliphatic carbocycles. The molecule has 0 radical (unpaired) electrons. The summed E-state index contributed by atoms with van der Waals surface area (Å²) in [5.41, 5.74) is 1.40. The number of nitrogens with one attached hydrogen (secondary N) is 1. The number of hydrogen-bond donors (Lipinski definition) is 1. The summed E-state index contributed by atoms with van der Waals surface area (Å²) in [5, 5.41) is 2.74. The van der Waals surface area contributed by atoms with Crippen LogP contribution >= 0.6 is 0 Å². The van der Waals surface area contributed by atoms with E-state index in [-0.39, 0.29) is 18.1 Å². The lowest BCUT2D eigenvalue weighted by Gasteiger charge is -2.35. The van der Waals surface area contributed by atoms with Crippen LogP contribution in [0.15, 0.2) is 78.9 Å². The summed E-state index contributed by atoms with van der Waals surface area (Å²) >= 11 is 0. The Balaban J connectivity index is 1.61. The van der Waals surface area contributed by atoms with Gasteiger partial charge in [-0.3, -0.25) is 14.5 Å². The van der Waals surface area contributed by atoms with Gasteiger partial charge < -0.3 is 14.8 Å². The fraction of sp³-hybridized carbons (Fsp3) is 0.125. The number of amides is 2. The molecule has 3 aromatic rings. The number of fused-ring (bicyclic) bond motifs is 1. The zero-order valence-corrected chi connectivity index (χ0v) is 16.8. The lowest BCUT2D eigenvalue weighted by molar-refractivity contribution is -0.138. The smallest absolute Gasteiger partial charge is 0.335 e. The summed E-state index contributed by atoms with van der Waals surface area (Å²) in [7, 11) is 1.55. The van der Waals surface area contributed by atoms with Gasteiger partial charge in [-0.2, -0.15) is 0 Å². The standard InChI is InChI=1S/C24H20N2O5/c1-30-18-13-11-17(12-14-18)25-22(27)15-20-24(29)31-21-10-6-5-9-19(21)26(20)23(28)16-7-3-2-4-8-16/h2-14,20H,15H2,1H3,(H,25,27). The molecule has 1 aliphatic heterocycles. The number of anilines is 2. The van der Waals surface area contributed by atoms with Crippen molar-refractivity contribution in [3.63, 3.8) is 0 Å². The van der Waals surface area contributed by atoms with E-state index in [0.717, 1.165) is 0 Å². The molecule has 0 saturated carbocycles. The Morgan fingerprint density at radius 1 is 0.968 bits per heavy atom. The molecular formula is C24H20N2O5. The van der Waals surface area contributed by atoms with Gasteiger partial charge in [0.1, 0.15) is 11.8 Å². The third-order valence-corrected chi connectivity index (χ3v) is 4.91. The SMILES string of the molecule is COc1ccc(NC(=O)CC2C(=O)Oc3ccccc3N2C(=O)c2ccccc2)cc1. The predicted octanol–water partition coefficient (Wildman–Crippen LogP) is 3.66. The normalized spacial score (nSPS) is 14.9. The second kappa shape index (κ2) is 8.71. The molecule has 156 valence electrons. The maximum atomic E-state index is 13.3. The lowest BCUT2D eigenvalue weighted by Crippen LogP contribution is -2.51. The fourth-order valence-electron chi connectivity index (χ4n) is 3.40. The van der Waals surface area contributed by atoms with E-state index in [4.69, 9.17) is 9.47 Å². The van der Waals surface area contributed by atoms with E-state index in [1.807, 2.05) is 0 Å². The maximum absolute atomic E-state index is 13.3. The quantitative estimate of drug-likeness (QED) is 0.507. The molecule has 7 heteroatoms. The summed E-state index contributed by atoms with van der Waals surface area (Å²) in [4.78, 5) is 40.1. The number of para-hydroxylation sites is 2. The van der Waals surface area contributed by atoms with Crippen molar-refractivity contribution in [2.75, 3.05) is 17.3 Å². The first-order valence-corrected chi connectivity index (χ1v) is 9.70. The van der Waals surface area contributed by atoms with Gasteiger partial charge in [0.15, 0.2) is 5.75 Å². The molecule has 7 nitrogen and oxygen atoms in total. The van der Waals surface area contributed by atoms with Crippen molar-refractivity contribution in [1.82, 2.24) is 0 Å². The van der Waals surface area contributed by atoms with Crippen LogP contribution in [0.25, 0.3) is 0 Å². The molecule has 1 N–H and O–H groups in total. The van der Waals surface area contributed by atoms with Crippen molar-refractivity contribution in [3.05, 3.63) is 84.4 Å². The van der Waals surface area contributed by atoms with E-state index >= 15 is 0 Å². The molecule has 3 aromatic carbocycles. The number of benzene rings is 3. The van der Waals surface area contributed by atoms with Crippen molar-refractivity contribution in [2.24, 2.45) is 0 Å². The van der Waals surface area contributed by atoms with Crippen molar-refractivity contribution >= 4 is 29.2 Å². The Kier molecular flexibility index (Phi) is 5.66. The number of esters is 1. The number of nitrogens with zero attached hydrogens (tertiary/aromatic N) is 1. The van der Waals surface area contributed by atoms with Gasteiger partial charge in [-0.15, -0.1) is 0 Å². The molecule has 1 unspecified atom stereocenters. The molecule has 4 rings (SSSR count). The Bertz CT molecular complexity index is 1110. The highest BCUT2D eigenvalue weighted by Gasteiger charge is 2.40. The summed E-state index contributed by atoms with van der Waals surface area (Å²) in [6, 6.07) is 21.1. The van der Waals surface area contributed by atoms with Crippen LogP contribution in [0, 0.1) is 0 Å². The van der Waals surface area contributed by atoms with Crippen molar-refractivity contribution in [1.29, 1.82) is 0 Å². The molecule has 0 bridgehead atoms. The number of rotatable bonds is 5. The van der Waals surface area contributed by atoms with Crippen LogP contribution in [0.1, 0.15) is 16.8 Å². The second-order valence-electron chi connectivity index (χ2n) is 6.93. The van der Waals surface area contributed by atoms with Crippen LogP contribution < -0.4 is 19.7 Å². The monoisotopic (exact) mass is 416 g/mol. The minimum atomic E-state index is -1.10. The fourth-order valence-corrected chi connectivity index (χ4v) is 3.40. The first kappa shape index (κ1) is 20.2. The highest BCUT2D eigenvalue weighted by molar-refractivity contribution is 6.12. The minimum absolute atomic E-state index is 0.252. The van der Waals surface area contributed by atoms with Crippen LogP contribution in [0.5, 0.6) is 11.5 Å². The van der Waals surface area contributed by atoms with E-state index in [1.54, 1.807) is 86.0 Å². The number of methoxy groups -OCH3 is 1. The number of ether oxygens (including phenoxy) is 2. The molecule has 1 aliphatic rings. The average Bonchev–Trinajstić information content (AvgIpc) is 2.80. The second-order valence-corrected chi connectivity index (χ2v) is 6.93. The number of hydrogen-bond acceptors (Lipinski definition) is 5. The van der Waals surface area contributed by atoms with Gasteiger partial charge in [0.25, 0.3) is 5.91 Å². The number of carbonyl (C=O) groups is 3. The van der Waals surface area contributed by atoms with Gasteiger partial charge in [-0.25, -0.2) is 4.79 Å². The highest BCUT2D eigenvalue weighted by atomic mass is 16.5. The summed E-state index contributed by atoms with van der Waals surface area (Å²) in [6.45, 7) is 0. The van der Waals surface area contributed by atoms with Gasteiger partial charge in [-0.05, 0) is 48.5 Å². The predicted molar refractivity (Wildman–Crippen MR) is 115 cm³/mol. The van der Waals surface area contributed by atoms with Gasteiger partial charge >= 0.3 is 5.97 Å². The van der Waals surface area contributed by atoms with E-state index < -0.39 is 17.9 Å². The zero-order valence-electron chi connectivity index (χ0n) is 16.8. The van der Waals surface area contributed by atoms with Gasteiger partial charge in [0.05, 0.1) is 19.2 Å². The van der Waals surface area contributed by atoms with Crippen molar-refractivity contribution in [2.45, 2.75) is 12.5 Å². The Morgan fingerprint density at radius 3 is 2.35 bits per heavy atom. The third kappa shape index (κ3) is 4.25. The average molecular weight is 416 g/mol.